The molecule has 0 saturated carbocycles. The summed E-state index contributed by atoms with van der Waals surface area (Å²) in [6.45, 7) is 4.79. The van der Waals surface area contributed by atoms with Crippen molar-refractivity contribution in [3.05, 3.63) is 76.0 Å². The zero-order valence-electron chi connectivity index (χ0n) is 14.7. The Morgan fingerprint density at radius 3 is 2.58 bits per heavy atom. The Kier molecular flexibility index (Phi) is 5.78. The van der Waals surface area contributed by atoms with Crippen LogP contribution in [0.3, 0.4) is 0 Å². The van der Waals surface area contributed by atoms with E-state index in [1.807, 2.05) is 36.4 Å². The summed E-state index contributed by atoms with van der Waals surface area (Å²) in [6.07, 6.45) is 0. The highest BCUT2D eigenvalue weighted by Gasteiger charge is 2.09. The van der Waals surface area contributed by atoms with Crippen LogP contribution in [0, 0.1) is 6.92 Å². The van der Waals surface area contributed by atoms with Crippen molar-refractivity contribution < 1.29 is 13.9 Å². The number of carbonyl (C=O) groups is 1. The molecule has 1 N–H and O–H groups in total. The van der Waals surface area contributed by atoms with Crippen molar-refractivity contribution in [3.8, 4) is 11.3 Å². The number of carbonyl (C=O) groups excluding carboxylic acids is 1. The van der Waals surface area contributed by atoms with Crippen LogP contribution in [0.4, 0.5) is 5.69 Å². The zero-order valence-corrected chi connectivity index (χ0v) is 16.3. The van der Waals surface area contributed by atoms with Gasteiger partial charge in [0, 0.05) is 15.7 Å². The van der Waals surface area contributed by atoms with E-state index in [9.17, 15) is 4.79 Å². The van der Waals surface area contributed by atoms with E-state index < -0.39 is 0 Å². The minimum atomic E-state index is -0.306. The Balaban J connectivity index is 1.64. The third-order valence-electron chi connectivity index (χ3n) is 3.98. The molecule has 1 heterocycles. The maximum absolute atomic E-state index is 11.7. The number of halogens is 1. The first-order valence-electron chi connectivity index (χ1n) is 8.43. The van der Waals surface area contributed by atoms with Crippen LogP contribution in [0.1, 0.15) is 28.6 Å². The predicted octanol–water partition coefficient (Wildman–Crippen LogP) is 5.81. The molecule has 0 bridgehead atoms. The SMILES string of the molecule is CCOC(=O)c1ccc(NCc2ccc(-c3ccc(Br)cc3C)o2)cc1. The van der Waals surface area contributed by atoms with Crippen LogP contribution in [0.15, 0.2) is 63.5 Å². The van der Waals surface area contributed by atoms with E-state index in [0.29, 0.717) is 18.7 Å². The van der Waals surface area contributed by atoms with Gasteiger partial charge in [-0.3, -0.25) is 0 Å². The fourth-order valence-electron chi connectivity index (χ4n) is 2.65. The molecule has 5 heteroatoms. The summed E-state index contributed by atoms with van der Waals surface area (Å²) in [4.78, 5) is 11.7. The van der Waals surface area contributed by atoms with Gasteiger partial charge in [0.2, 0.25) is 0 Å². The number of benzene rings is 2. The molecular formula is C21H20BrNO3. The second kappa shape index (κ2) is 8.23. The maximum Gasteiger partial charge on any atom is 0.338 e. The van der Waals surface area contributed by atoms with Crippen molar-refractivity contribution in [2.24, 2.45) is 0 Å². The quantitative estimate of drug-likeness (QED) is 0.518. The minimum absolute atomic E-state index is 0.306. The molecule has 0 fully saturated rings. The maximum atomic E-state index is 11.7. The molecule has 1 aromatic heterocycles. The van der Waals surface area contributed by atoms with Crippen LogP contribution < -0.4 is 5.32 Å². The Bertz CT molecular complexity index is 900. The first-order valence-corrected chi connectivity index (χ1v) is 9.22. The van der Waals surface area contributed by atoms with Gasteiger partial charge in [-0.1, -0.05) is 15.9 Å². The Hall–Kier alpha value is -2.53. The summed E-state index contributed by atoms with van der Waals surface area (Å²) >= 11 is 3.48. The molecule has 0 spiro atoms. The first kappa shape index (κ1) is 18.3. The second-order valence-electron chi connectivity index (χ2n) is 5.88. The summed E-state index contributed by atoms with van der Waals surface area (Å²) < 4.78 is 12.0. The van der Waals surface area contributed by atoms with Gasteiger partial charge in [-0.15, -0.1) is 0 Å². The molecule has 26 heavy (non-hydrogen) atoms. The van der Waals surface area contributed by atoms with E-state index in [4.69, 9.17) is 9.15 Å². The van der Waals surface area contributed by atoms with Crippen molar-refractivity contribution >= 4 is 27.6 Å². The fourth-order valence-corrected chi connectivity index (χ4v) is 3.12. The number of rotatable bonds is 6. The van der Waals surface area contributed by atoms with Crippen LogP contribution in [0.25, 0.3) is 11.3 Å². The molecular weight excluding hydrogens is 394 g/mol. The van der Waals surface area contributed by atoms with Crippen LogP contribution in [-0.2, 0) is 11.3 Å². The summed E-state index contributed by atoms with van der Waals surface area (Å²) in [5, 5.41) is 3.29. The van der Waals surface area contributed by atoms with Crippen molar-refractivity contribution in [1.82, 2.24) is 0 Å². The topological polar surface area (TPSA) is 51.5 Å². The Labute approximate surface area is 161 Å². The first-order chi connectivity index (χ1) is 12.6. The van der Waals surface area contributed by atoms with E-state index in [2.05, 4.69) is 34.2 Å². The lowest BCUT2D eigenvalue weighted by atomic mass is 10.1. The minimum Gasteiger partial charge on any atom is -0.462 e. The highest BCUT2D eigenvalue weighted by molar-refractivity contribution is 9.10. The van der Waals surface area contributed by atoms with E-state index in [0.717, 1.165) is 32.8 Å². The monoisotopic (exact) mass is 413 g/mol. The van der Waals surface area contributed by atoms with Gasteiger partial charge in [-0.25, -0.2) is 4.79 Å². The van der Waals surface area contributed by atoms with E-state index in [1.54, 1.807) is 19.1 Å². The van der Waals surface area contributed by atoms with Gasteiger partial charge in [-0.2, -0.15) is 0 Å². The number of nitrogens with one attached hydrogen (secondary N) is 1. The number of aryl methyl sites for hydroxylation is 1. The van der Waals surface area contributed by atoms with Gasteiger partial charge in [0.05, 0.1) is 18.7 Å². The highest BCUT2D eigenvalue weighted by Crippen LogP contribution is 2.28. The number of hydrogen-bond acceptors (Lipinski definition) is 4. The second-order valence-corrected chi connectivity index (χ2v) is 6.79. The average molecular weight is 414 g/mol. The van der Waals surface area contributed by atoms with Gasteiger partial charge in [0.1, 0.15) is 11.5 Å². The third-order valence-corrected chi connectivity index (χ3v) is 4.47. The van der Waals surface area contributed by atoms with Gasteiger partial charge in [0.25, 0.3) is 0 Å². The van der Waals surface area contributed by atoms with Gasteiger partial charge >= 0.3 is 5.97 Å². The van der Waals surface area contributed by atoms with Crippen LogP contribution in [0.2, 0.25) is 0 Å². The molecule has 0 aliphatic rings. The molecule has 0 aliphatic carbocycles. The normalized spacial score (nSPS) is 10.6. The highest BCUT2D eigenvalue weighted by atomic mass is 79.9. The van der Waals surface area contributed by atoms with E-state index in [-0.39, 0.29) is 5.97 Å². The average Bonchev–Trinajstić information content (AvgIpc) is 3.09. The number of anilines is 1. The van der Waals surface area contributed by atoms with Gasteiger partial charge < -0.3 is 14.5 Å². The number of esters is 1. The molecule has 0 unspecified atom stereocenters. The molecule has 2 aromatic carbocycles. The van der Waals surface area contributed by atoms with Crippen LogP contribution in [-0.4, -0.2) is 12.6 Å². The molecule has 0 radical (unpaired) electrons. The summed E-state index contributed by atoms with van der Waals surface area (Å²) in [6, 6.07) is 17.3. The van der Waals surface area contributed by atoms with Crippen molar-refractivity contribution in [3.63, 3.8) is 0 Å². The molecule has 0 aliphatic heterocycles. The van der Waals surface area contributed by atoms with E-state index >= 15 is 0 Å². The lowest BCUT2D eigenvalue weighted by Gasteiger charge is -2.06. The fraction of sp³-hybridized carbons (Fsp3) is 0.190. The number of ether oxygens (including phenoxy) is 1. The lowest BCUT2D eigenvalue weighted by molar-refractivity contribution is 0.0526. The molecule has 0 amide bonds. The van der Waals surface area contributed by atoms with E-state index in [1.165, 1.54) is 0 Å². The smallest absolute Gasteiger partial charge is 0.338 e. The van der Waals surface area contributed by atoms with Crippen molar-refractivity contribution in [1.29, 1.82) is 0 Å². The van der Waals surface area contributed by atoms with Crippen molar-refractivity contribution in [2.75, 3.05) is 11.9 Å². The standard InChI is InChI=1S/C21H20BrNO3/c1-3-25-21(24)15-4-7-17(8-5-15)23-13-18-9-11-20(26-18)19-10-6-16(22)12-14(19)2/h4-12,23H,3,13H2,1-2H3. The van der Waals surface area contributed by atoms with Crippen LogP contribution >= 0.6 is 15.9 Å². The lowest BCUT2D eigenvalue weighted by Crippen LogP contribution is -2.05. The van der Waals surface area contributed by atoms with Crippen molar-refractivity contribution in [2.45, 2.75) is 20.4 Å². The largest absolute Gasteiger partial charge is 0.462 e. The zero-order chi connectivity index (χ0) is 18.5. The Morgan fingerprint density at radius 1 is 1.12 bits per heavy atom. The summed E-state index contributed by atoms with van der Waals surface area (Å²) in [5.74, 6) is 1.39. The van der Waals surface area contributed by atoms with Crippen LogP contribution in [0.5, 0.6) is 0 Å². The summed E-state index contributed by atoms with van der Waals surface area (Å²) in [7, 11) is 0. The number of furan rings is 1. The Morgan fingerprint density at radius 2 is 1.88 bits per heavy atom. The molecule has 3 aromatic rings. The molecule has 134 valence electrons. The number of hydrogen-bond donors (Lipinski definition) is 1. The molecule has 3 rings (SSSR count). The van der Waals surface area contributed by atoms with Gasteiger partial charge in [-0.05, 0) is 74.0 Å². The van der Waals surface area contributed by atoms with Gasteiger partial charge in [0.15, 0.2) is 0 Å². The molecule has 0 atom stereocenters. The molecule has 4 nitrogen and oxygen atoms in total. The molecule has 0 saturated heterocycles. The summed E-state index contributed by atoms with van der Waals surface area (Å²) in [5.41, 5.74) is 3.69. The third kappa shape index (κ3) is 4.35. The predicted molar refractivity (Wildman–Crippen MR) is 106 cm³/mol.